The van der Waals surface area contributed by atoms with Crippen LogP contribution in [-0.4, -0.2) is 46.0 Å². The average Bonchev–Trinajstić information content (AvgIpc) is 3.48. The zero-order chi connectivity index (χ0) is 20.3. The predicted octanol–water partition coefficient (Wildman–Crippen LogP) is 4.41. The Labute approximate surface area is 178 Å². The van der Waals surface area contributed by atoms with Gasteiger partial charge in [-0.2, -0.15) is 0 Å². The molecule has 1 aliphatic carbocycles. The average molecular weight is 403 g/mol. The lowest BCUT2D eigenvalue weighted by Crippen LogP contribution is -2.44. The monoisotopic (exact) mass is 402 g/mol. The van der Waals surface area contributed by atoms with Crippen LogP contribution in [-0.2, 0) is 0 Å². The summed E-state index contributed by atoms with van der Waals surface area (Å²) in [6.07, 6.45) is 9.79. The Morgan fingerprint density at radius 2 is 1.80 bits per heavy atom. The Morgan fingerprint density at radius 1 is 1.00 bits per heavy atom. The second-order valence-electron chi connectivity index (χ2n) is 8.80. The largest absolute Gasteiger partial charge is 0.352 e. The number of carbonyl (C=O) groups is 1. The molecule has 1 aromatic heterocycles. The van der Waals surface area contributed by atoms with E-state index in [0.717, 1.165) is 35.9 Å². The minimum atomic E-state index is 0.0232. The van der Waals surface area contributed by atoms with Gasteiger partial charge in [-0.25, -0.2) is 4.98 Å². The molecule has 156 valence electrons. The van der Waals surface area contributed by atoms with Gasteiger partial charge in [0.15, 0.2) is 0 Å². The van der Waals surface area contributed by atoms with Crippen molar-refractivity contribution < 1.29 is 4.79 Å². The van der Waals surface area contributed by atoms with Gasteiger partial charge in [-0.3, -0.25) is 9.36 Å². The molecule has 5 rings (SSSR count). The van der Waals surface area contributed by atoms with Crippen molar-refractivity contribution in [3.63, 3.8) is 0 Å². The Kier molecular flexibility index (Phi) is 5.54. The summed E-state index contributed by atoms with van der Waals surface area (Å²) in [6, 6.07) is 16.7. The quantitative estimate of drug-likeness (QED) is 0.688. The van der Waals surface area contributed by atoms with Crippen LogP contribution in [0.4, 0.5) is 0 Å². The Balaban J connectivity index is 1.19. The number of fused-ring (bicyclic) bond motifs is 1. The Hall–Kier alpha value is -2.66. The maximum absolute atomic E-state index is 12.7. The fraction of sp³-hybridized carbons (Fsp3) is 0.440. The SMILES string of the molecule is O=C(NCC1CCCN(C2CCCC2)C1)c1ccc(-n2cnc3ccccc32)cc1. The molecule has 3 aromatic rings. The highest BCUT2D eigenvalue weighted by Gasteiger charge is 2.28. The molecule has 2 aromatic carbocycles. The number of piperidine rings is 1. The van der Waals surface area contributed by atoms with Crippen LogP contribution in [0.3, 0.4) is 0 Å². The molecular weight excluding hydrogens is 372 g/mol. The first kappa shape index (κ1) is 19.3. The van der Waals surface area contributed by atoms with Gasteiger partial charge in [-0.1, -0.05) is 25.0 Å². The molecule has 1 N–H and O–H groups in total. The molecule has 30 heavy (non-hydrogen) atoms. The first-order valence-electron chi connectivity index (χ1n) is 11.3. The van der Waals surface area contributed by atoms with E-state index in [1.165, 1.54) is 45.1 Å². The molecule has 2 fully saturated rings. The lowest BCUT2D eigenvalue weighted by Gasteiger charge is -2.36. The third kappa shape index (κ3) is 3.99. The molecule has 0 bridgehead atoms. The van der Waals surface area contributed by atoms with E-state index in [1.807, 2.05) is 48.8 Å². The van der Waals surface area contributed by atoms with Gasteiger partial charge in [-0.05, 0) is 74.5 Å². The molecule has 1 saturated carbocycles. The second kappa shape index (κ2) is 8.60. The molecular formula is C25H30N4O. The van der Waals surface area contributed by atoms with Gasteiger partial charge >= 0.3 is 0 Å². The van der Waals surface area contributed by atoms with Gasteiger partial charge in [0, 0.05) is 30.4 Å². The molecule has 1 unspecified atom stereocenters. The molecule has 1 atom stereocenters. The molecule has 1 aliphatic heterocycles. The molecule has 5 nitrogen and oxygen atoms in total. The van der Waals surface area contributed by atoms with E-state index in [9.17, 15) is 4.79 Å². The summed E-state index contributed by atoms with van der Waals surface area (Å²) in [7, 11) is 0. The van der Waals surface area contributed by atoms with Crippen LogP contribution < -0.4 is 5.32 Å². The number of rotatable bonds is 5. The molecule has 2 heterocycles. The molecule has 2 aliphatic rings. The summed E-state index contributed by atoms with van der Waals surface area (Å²) in [5.41, 5.74) is 3.77. The van der Waals surface area contributed by atoms with Crippen molar-refractivity contribution in [3.8, 4) is 5.69 Å². The standard InChI is InChI=1S/C25H30N4O/c30-25(26-16-19-6-5-15-28(17-19)21-7-1-2-8-21)20-11-13-22(14-12-20)29-18-27-23-9-3-4-10-24(23)29/h3-4,9-14,18-19,21H,1-2,5-8,15-17H2,(H,26,30). The van der Waals surface area contributed by atoms with Crippen LogP contribution in [0.15, 0.2) is 54.9 Å². The number of imidazole rings is 1. The van der Waals surface area contributed by atoms with E-state index in [4.69, 9.17) is 0 Å². The zero-order valence-corrected chi connectivity index (χ0v) is 17.5. The molecule has 5 heteroatoms. The van der Waals surface area contributed by atoms with Gasteiger partial charge in [0.1, 0.15) is 6.33 Å². The van der Waals surface area contributed by atoms with Crippen LogP contribution in [0, 0.1) is 5.92 Å². The van der Waals surface area contributed by atoms with Crippen molar-refractivity contribution in [2.75, 3.05) is 19.6 Å². The van der Waals surface area contributed by atoms with Crippen LogP contribution in [0.2, 0.25) is 0 Å². The van der Waals surface area contributed by atoms with E-state index in [1.54, 1.807) is 0 Å². The van der Waals surface area contributed by atoms with Gasteiger partial charge < -0.3 is 10.2 Å². The topological polar surface area (TPSA) is 50.2 Å². The minimum Gasteiger partial charge on any atom is -0.352 e. The maximum atomic E-state index is 12.7. The van der Waals surface area contributed by atoms with Crippen molar-refractivity contribution >= 4 is 16.9 Å². The summed E-state index contributed by atoms with van der Waals surface area (Å²) >= 11 is 0. The number of likely N-dealkylation sites (tertiary alicyclic amines) is 1. The van der Waals surface area contributed by atoms with Crippen LogP contribution >= 0.6 is 0 Å². The van der Waals surface area contributed by atoms with Crippen molar-refractivity contribution in [3.05, 3.63) is 60.4 Å². The van der Waals surface area contributed by atoms with Gasteiger partial charge in [0.2, 0.25) is 0 Å². The number of nitrogens with one attached hydrogen (secondary N) is 1. The number of benzene rings is 2. The van der Waals surface area contributed by atoms with E-state index in [0.29, 0.717) is 11.5 Å². The maximum Gasteiger partial charge on any atom is 0.251 e. The van der Waals surface area contributed by atoms with E-state index < -0.39 is 0 Å². The number of hydrogen-bond donors (Lipinski definition) is 1. The van der Waals surface area contributed by atoms with E-state index >= 15 is 0 Å². The first-order valence-corrected chi connectivity index (χ1v) is 11.3. The van der Waals surface area contributed by atoms with Gasteiger partial charge in [-0.15, -0.1) is 0 Å². The number of para-hydroxylation sites is 2. The van der Waals surface area contributed by atoms with E-state index in [2.05, 4.69) is 25.8 Å². The Bertz CT molecular complexity index is 1000. The number of hydrogen-bond acceptors (Lipinski definition) is 3. The first-order chi connectivity index (χ1) is 14.8. The predicted molar refractivity (Wildman–Crippen MR) is 120 cm³/mol. The molecule has 0 radical (unpaired) electrons. The lowest BCUT2D eigenvalue weighted by atomic mass is 9.96. The van der Waals surface area contributed by atoms with Crippen molar-refractivity contribution in [1.82, 2.24) is 19.8 Å². The van der Waals surface area contributed by atoms with E-state index in [-0.39, 0.29) is 5.91 Å². The molecule has 1 saturated heterocycles. The minimum absolute atomic E-state index is 0.0232. The normalized spacial score (nSPS) is 20.6. The van der Waals surface area contributed by atoms with Crippen molar-refractivity contribution in [2.45, 2.75) is 44.6 Å². The van der Waals surface area contributed by atoms with Crippen molar-refractivity contribution in [2.24, 2.45) is 5.92 Å². The number of aromatic nitrogens is 2. The summed E-state index contributed by atoms with van der Waals surface area (Å²) in [5.74, 6) is 0.593. The summed E-state index contributed by atoms with van der Waals surface area (Å²) in [6.45, 7) is 3.15. The number of nitrogens with zero attached hydrogens (tertiary/aromatic N) is 3. The summed E-state index contributed by atoms with van der Waals surface area (Å²) in [5, 5.41) is 3.18. The van der Waals surface area contributed by atoms with Crippen LogP contribution in [0.5, 0.6) is 0 Å². The fourth-order valence-corrected chi connectivity index (χ4v) is 5.14. The third-order valence-corrected chi connectivity index (χ3v) is 6.80. The summed E-state index contributed by atoms with van der Waals surface area (Å²) in [4.78, 5) is 19.8. The van der Waals surface area contributed by atoms with Gasteiger partial charge in [0.25, 0.3) is 5.91 Å². The molecule has 1 amide bonds. The highest BCUT2D eigenvalue weighted by Crippen LogP contribution is 2.27. The van der Waals surface area contributed by atoms with Crippen LogP contribution in [0.1, 0.15) is 48.9 Å². The zero-order valence-electron chi connectivity index (χ0n) is 17.5. The van der Waals surface area contributed by atoms with Crippen molar-refractivity contribution in [1.29, 1.82) is 0 Å². The fourth-order valence-electron chi connectivity index (χ4n) is 5.14. The third-order valence-electron chi connectivity index (χ3n) is 6.80. The highest BCUT2D eigenvalue weighted by molar-refractivity contribution is 5.94. The number of amides is 1. The summed E-state index contributed by atoms with van der Waals surface area (Å²) < 4.78 is 2.05. The number of carbonyl (C=O) groups excluding carboxylic acids is 1. The second-order valence-corrected chi connectivity index (χ2v) is 8.80. The van der Waals surface area contributed by atoms with Gasteiger partial charge in [0.05, 0.1) is 11.0 Å². The molecule has 0 spiro atoms. The lowest BCUT2D eigenvalue weighted by molar-refractivity contribution is 0.0913. The van der Waals surface area contributed by atoms with Crippen LogP contribution in [0.25, 0.3) is 16.7 Å². The highest BCUT2D eigenvalue weighted by atomic mass is 16.1. The smallest absolute Gasteiger partial charge is 0.251 e. The Morgan fingerprint density at radius 3 is 2.63 bits per heavy atom.